The van der Waals surface area contributed by atoms with Crippen LogP contribution in [0.15, 0.2) is 0 Å². The first-order valence-corrected chi connectivity index (χ1v) is 6.41. The molecule has 1 radical (unpaired) electrons. The van der Waals surface area contributed by atoms with Crippen LogP contribution in [0.2, 0.25) is 18.1 Å². The Morgan fingerprint density at radius 2 is 2.00 bits per heavy atom. The summed E-state index contributed by atoms with van der Waals surface area (Å²) in [5.74, 6) is 0. The Hall–Kier alpha value is 0.217. The van der Waals surface area contributed by atoms with Gasteiger partial charge in [-0.3, -0.25) is 0 Å². The molecule has 1 fully saturated rings. The lowest BCUT2D eigenvalue weighted by molar-refractivity contribution is 0.678. The topological polar surface area (TPSA) is 0 Å². The van der Waals surface area contributed by atoms with E-state index < -0.39 is 0 Å². The van der Waals surface area contributed by atoms with Crippen molar-refractivity contribution in [3.05, 3.63) is 0 Å². The van der Waals surface area contributed by atoms with Gasteiger partial charge in [0, 0.05) is 8.80 Å². The zero-order chi connectivity index (χ0) is 6.69. The Morgan fingerprint density at radius 3 is 2.78 bits per heavy atom. The maximum absolute atomic E-state index is 2.50. The second kappa shape index (κ2) is 3.40. The lowest BCUT2D eigenvalue weighted by Gasteiger charge is -2.12. The van der Waals surface area contributed by atoms with Crippen LogP contribution in [0.1, 0.15) is 32.6 Å². The molecular weight excluding hydrogens is 124 g/mol. The van der Waals surface area contributed by atoms with E-state index in [0.29, 0.717) is 0 Å². The predicted molar refractivity (Wildman–Crippen MR) is 44.3 cm³/mol. The molecule has 0 spiro atoms. The summed E-state index contributed by atoms with van der Waals surface area (Å²) in [7, 11) is 0.0934. The molecule has 0 aromatic rings. The molecule has 1 aliphatic heterocycles. The lowest BCUT2D eigenvalue weighted by atomic mass is 10.2. The summed E-state index contributed by atoms with van der Waals surface area (Å²) >= 11 is 0. The third-order valence-electron chi connectivity index (χ3n) is 2.55. The molecule has 0 aromatic heterocycles. The second-order valence-corrected chi connectivity index (χ2v) is 6.53. The number of hydrogen-bond acceptors (Lipinski definition) is 0. The summed E-state index contributed by atoms with van der Waals surface area (Å²) in [5.41, 5.74) is 1.09. The molecule has 53 valence electrons. The average molecular weight is 141 g/mol. The third kappa shape index (κ3) is 2.13. The molecule has 0 bridgehead atoms. The van der Waals surface area contributed by atoms with Gasteiger partial charge < -0.3 is 0 Å². The first-order chi connectivity index (χ1) is 4.30. The quantitative estimate of drug-likeness (QED) is 0.455. The Labute approximate surface area is 60.3 Å². The summed E-state index contributed by atoms with van der Waals surface area (Å²) in [4.78, 5) is 0. The average Bonchev–Trinajstić information content (AvgIpc) is 1.99. The van der Waals surface area contributed by atoms with E-state index in [2.05, 4.69) is 13.5 Å². The van der Waals surface area contributed by atoms with Crippen molar-refractivity contribution >= 4 is 8.80 Å². The summed E-state index contributed by atoms with van der Waals surface area (Å²) in [6.45, 7) is 4.94. The largest absolute Gasteiger partial charge is 0.0709 e. The van der Waals surface area contributed by atoms with Crippen LogP contribution in [0.3, 0.4) is 0 Å². The van der Waals surface area contributed by atoms with E-state index in [9.17, 15) is 0 Å². The summed E-state index contributed by atoms with van der Waals surface area (Å²) in [5, 5.41) is 0. The van der Waals surface area contributed by atoms with Gasteiger partial charge in [-0.05, 0) is 0 Å². The third-order valence-corrected chi connectivity index (χ3v) is 5.66. The molecule has 0 nitrogen and oxygen atoms in total. The Morgan fingerprint density at radius 1 is 1.22 bits per heavy atom. The molecule has 1 saturated heterocycles. The molecule has 0 aromatic carbocycles. The fourth-order valence-corrected chi connectivity index (χ4v) is 3.52. The minimum absolute atomic E-state index is 0.0934. The van der Waals surface area contributed by atoms with Crippen LogP contribution in [0, 0.1) is 0 Å². The summed E-state index contributed by atoms with van der Waals surface area (Å²) in [6.07, 6.45) is 6.05. The molecule has 1 aliphatic rings. The molecule has 1 heterocycles. The molecule has 0 saturated carbocycles. The van der Waals surface area contributed by atoms with Crippen LogP contribution >= 0.6 is 0 Å². The van der Waals surface area contributed by atoms with E-state index in [1.807, 2.05) is 0 Å². The van der Waals surface area contributed by atoms with Crippen molar-refractivity contribution in [1.29, 1.82) is 0 Å². The lowest BCUT2D eigenvalue weighted by Crippen LogP contribution is -2.10. The highest BCUT2D eigenvalue weighted by Crippen LogP contribution is 2.26. The van der Waals surface area contributed by atoms with Gasteiger partial charge in [0.15, 0.2) is 0 Å². The zero-order valence-electron chi connectivity index (χ0n) is 6.61. The van der Waals surface area contributed by atoms with Gasteiger partial charge in [0.25, 0.3) is 0 Å². The highest BCUT2D eigenvalue weighted by molar-refractivity contribution is 6.58. The van der Waals surface area contributed by atoms with Crippen LogP contribution in [0.25, 0.3) is 0 Å². The van der Waals surface area contributed by atoms with Crippen molar-refractivity contribution in [3.63, 3.8) is 0 Å². The Balaban J connectivity index is 2.32. The first kappa shape index (κ1) is 7.33. The standard InChI is InChI=1S/C8H17Si/c1-8-6-4-3-5-7-9(8)2/h8H,3-7H2,1-2H3. The molecule has 0 aliphatic carbocycles. The van der Waals surface area contributed by atoms with E-state index in [4.69, 9.17) is 0 Å². The molecule has 0 amide bonds. The van der Waals surface area contributed by atoms with Crippen LogP contribution in [0.5, 0.6) is 0 Å². The van der Waals surface area contributed by atoms with E-state index in [-0.39, 0.29) is 8.80 Å². The van der Waals surface area contributed by atoms with Crippen molar-refractivity contribution in [2.24, 2.45) is 0 Å². The predicted octanol–water partition coefficient (Wildman–Crippen LogP) is 3.08. The SMILES string of the molecule is CC1CCCCC[Si]1C. The number of rotatable bonds is 0. The van der Waals surface area contributed by atoms with E-state index in [0.717, 1.165) is 5.54 Å². The monoisotopic (exact) mass is 141 g/mol. The number of hydrogen-bond donors (Lipinski definition) is 0. The van der Waals surface area contributed by atoms with Gasteiger partial charge in [-0.2, -0.15) is 0 Å². The normalized spacial score (nSPS) is 32.0. The smallest absolute Gasteiger partial charge is 0.0476 e. The van der Waals surface area contributed by atoms with Gasteiger partial charge >= 0.3 is 0 Å². The Bertz CT molecular complexity index is 70.6. The van der Waals surface area contributed by atoms with Crippen LogP contribution in [0.4, 0.5) is 0 Å². The van der Waals surface area contributed by atoms with Crippen molar-refractivity contribution in [2.45, 2.75) is 50.7 Å². The highest BCUT2D eigenvalue weighted by Gasteiger charge is 2.15. The highest BCUT2D eigenvalue weighted by atomic mass is 28.3. The van der Waals surface area contributed by atoms with Crippen LogP contribution in [-0.4, -0.2) is 8.80 Å². The molecule has 1 unspecified atom stereocenters. The van der Waals surface area contributed by atoms with Crippen molar-refractivity contribution in [1.82, 2.24) is 0 Å². The van der Waals surface area contributed by atoms with Crippen LogP contribution < -0.4 is 0 Å². The second-order valence-electron chi connectivity index (χ2n) is 3.35. The van der Waals surface area contributed by atoms with Crippen molar-refractivity contribution in [3.8, 4) is 0 Å². The maximum atomic E-state index is 2.50. The van der Waals surface area contributed by atoms with Gasteiger partial charge in [-0.15, -0.1) is 0 Å². The van der Waals surface area contributed by atoms with Crippen LogP contribution in [-0.2, 0) is 0 Å². The molecule has 9 heavy (non-hydrogen) atoms. The molecule has 1 heteroatoms. The van der Waals surface area contributed by atoms with Gasteiger partial charge in [0.1, 0.15) is 0 Å². The van der Waals surface area contributed by atoms with Crippen molar-refractivity contribution < 1.29 is 0 Å². The molecule has 1 rings (SSSR count). The van der Waals surface area contributed by atoms with E-state index in [1.165, 1.54) is 25.7 Å². The fraction of sp³-hybridized carbons (Fsp3) is 1.00. The van der Waals surface area contributed by atoms with Crippen molar-refractivity contribution in [2.75, 3.05) is 0 Å². The molecule has 0 N–H and O–H groups in total. The first-order valence-electron chi connectivity index (χ1n) is 4.13. The van der Waals surface area contributed by atoms with Gasteiger partial charge in [0.05, 0.1) is 0 Å². The van der Waals surface area contributed by atoms with Gasteiger partial charge in [-0.1, -0.05) is 50.7 Å². The minimum Gasteiger partial charge on any atom is -0.0709 e. The Kier molecular flexibility index (Phi) is 2.77. The zero-order valence-corrected chi connectivity index (χ0v) is 7.61. The minimum atomic E-state index is 0.0934. The fourth-order valence-electron chi connectivity index (χ4n) is 1.52. The van der Waals surface area contributed by atoms with E-state index in [1.54, 1.807) is 6.04 Å². The maximum Gasteiger partial charge on any atom is 0.0476 e. The van der Waals surface area contributed by atoms with Gasteiger partial charge in [-0.25, -0.2) is 0 Å². The molecule has 1 atom stereocenters. The molecular formula is C8H17Si. The van der Waals surface area contributed by atoms with Gasteiger partial charge in [0.2, 0.25) is 0 Å². The summed E-state index contributed by atoms with van der Waals surface area (Å²) in [6, 6.07) is 1.58. The summed E-state index contributed by atoms with van der Waals surface area (Å²) < 4.78 is 0. The van der Waals surface area contributed by atoms with E-state index >= 15 is 0 Å².